The molecular formula is C19H21NO5. The Morgan fingerprint density at radius 1 is 1.20 bits per heavy atom. The van der Waals surface area contributed by atoms with Crippen molar-refractivity contribution in [3.05, 3.63) is 48.4 Å². The van der Waals surface area contributed by atoms with Crippen molar-refractivity contribution < 1.29 is 23.4 Å². The van der Waals surface area contributed by atoms with Gasteiger partial charge in [0.05, 0.1) is 12.9 Å². The van der Waals surface area contributed by atoms with E-state index in [0.717, 1.165) is 42.6 Å². The highest BCUT2D eigenvalue weighted by molar-refractivity contribution is 5.46. The predicted octanol–water partition coefficient (Wildman–Crippen LogP) is 2.80. The lowest BCUT2D eigenvalue weighted by molar-refractivity contribution is -0.0446. The first-order chi connectivity index (χ1) is 12.4. The second kappa shape index (κ2) is 7.63. The van der Waals surface area contributed by atoms with Crippen molar-refractivity contribution in [2.75, 3.05) is 39.6 Å². The van der Waals surface area contributed by atoms with Crippen LogP contribution in [-0.4, -0.2) is 50.6 Å². The van der Waals surface area contributed by atoms with E-state index < -0.39 is 0 Å². The third-order valence-corrected chi connectivity index (χ3v) is 4.19. The molecule has 3 heterocycles. The summed E-state index contributed by atoms with van der Waals surface area (Å²) >= 11 is 0. The van der Waals surface area contributed by atoms with Gasteiger partial charge < -0.3 is 23.4 Å². The summed E-state index contributed by atoms with van der Waals surface area (Å²) in [5.41, 5.74) is 0. The Hall–Kier alpha value is -2.44. The first-order valence-electron chi connectivity index (χ1n) is 8.43. The Kier molecular flexibility index (Phi) is 4.90. The van der Waals surface area contributed by atoms with Gasteiger partial charge in [0.25, 0.3) is 0 Å². The average Bonchev–Trinajstić information content (AvgIpc) is 3.31. The third-order valence-electron chi connectivity index (χ3n) is 4.19. The molecule has 0 N–H and O–H groups in total. The Balaban J connectivity index is 1.25. The van der Waals surface area contributed by atoms with Crippen LogP contribution in [0.1, 0.15) is 5.76 Å². The van der Waals surface area contributed by atoms with Crippen molar-refractivity contribution in [1.29, 1.82) is 0 Å². The van der Waals surface area contributed by atoms with Crippen molar-refractivity contribution in [2.45, 2.75) is 6.10 Å². The highest BCUT2D eigenvalue weighted by Crippen LogP contribution is 2.35. The van der Waals surface area contributed by atoms with Gasteiger partial charge in [-0.05, 0) is 30.3 Å². The molecule has 0 aliphatic carbocycles. The lowest BCUT2D eigenvalue weighted by atomic mass is 10.2. The molecule has 1 atom stereocenters. The summed E-state index contributed by atoms with van der Waals surface area (Å²) in [4.78, 5) is 2.34. The molecular weight excluding hydrogens is 322 g/mol. The number of nitrogens with zero attached hydrogens (tertiary/aromatic N) is 1. The molecule has 0 spiro atoms. The first kappa shape index (κ1) is 16.1. The topological polar surface area (TPSA) is 53.3 Å². The molecule has 1 aromatic carbocycles. The molecule has 0 bridgehead atoms. The zero-order chi connectivity index (χ0) is 16.9. The minimum Gasteiger partial charge on any atom is -0.491 e. The van der Waals surface area contributed by atoms with Gasteiger partial charge in [0.1, 0.15) is 24.2 Å². The van der Waals surface area contributed by atoms with E-state index in [1.165, 1.54) is 0 Å². The standard InChI is InChI=1S/C19H21NO5/c1(3-15-4-2-9-21-15)7-20-8-10-22-17(12-20)13-23-16-5-6-18-19(11-16)25-14-24-18/h1-6,9,11,17H,7-8,10,12-14H2/b3-1-. The average molecular weight is 343 g/mol. The van der Waals surface area contributed by atoms with E-state index in [9.17, 15) is 0 Å². The predicted molar refractivity (Wildman–Crippen MR) is 92.0 cm³/mol. The van der Waals surface area contributed by atoms with Gasteiger partial charge >= 0.3 is 0 Å². The minimum atomic E-state index is 0.0520. The molecule has 2 aromatic rings. The second-order valence-electron chi connectivity index (χ2n) is 6.00. The van der Waals surface area contributed by atoms with E-state index in [-0.39, 0.29) is 12.9 Å². The van der Waals surface area contributed by atoms with Crippen LogP contribution in [-0.2, 0) is 4.74 Å². The van der Waals surface area contributed by atoms with Crippen LogP contribution < -0.4 is 14.2 Å². The van der Waals surface area contributed by atoms with Gasteiger partial charge in [-0.3, -0.25) is 4.90 Å². The van der Waals surface area contributed by atoms with E-state index >= 15 is 0 Å². The molecule has 4 rings (SSSR count). The number of fused-ring (bicyclic) bond motifs is 1. The molecule has 0 radical (unpaired) electrons. The maximum atomic E-state index is 5.86. The molecule has 0 amide bonds. The molecule has 25 heavy (non-hydrogen) atoms. The zero-order valence-electron chi connectivity index (χ0n) is 13.9. The van der Waals surface area contributed by atoms with Gasteiger partial charge in [0.2, 0.25) is 6.79 Å². The van der Waals surface area contributed by atoms with Crippen LogP contribution in [0.25, 0.3) is 6.08 Å². The molecule has 0 saturated carbocycles. The van der Waals surface area contributed by atoms with Crippen LogP contribution in [0.3, 0.4) is 0 Å². The Morgan fingerprint density at radius 2 is 2.16 bits per heavy atom. The summed E-state index contributed by atoms with van der Waals surface area (Å²) in [6.07, 6.45) is 5.84. The van der Waals surface area contributed by atoms with Crippen molar-refractivity contribution >= 4 is 6.08 Å². The van der Waals surface area contributed by atoms with Crippen LogP contribution in [0.2, 0.25) is 0 Å². The smallest absolute Gasteiger partial charge is 0.231 e. The van der Waals surface area contributed by atoms with Crippen LogP contribution in [0.4, 0.5) is 0 Å². The SMILES string of the molecule is C(=C/c1ccco1)/CN1CCOC(COc2ccc3c(c2)OCO3)C1. The minimum absolute atomic E-state index is 0.0520. The summed E-state index contributed by atoms with van der Waals surface area (Å²) < 4.78 is 27.6. The normalized spacial score (nSPS) is 20.2. The van der Waals surface area contributed by atoms with E-state index in [4.69, 9.17) is 23.4 Å². The summed E-state index contributed by atoms with van der Waals surface area (Å²) in [5, 5.41) is 0. The van der Waals surface area contributed by atoms with E-state index in [2.05, 4.69) is 11.0 Å². The van der Waals surface area contributed by atoms with Crippen LogP contribution >= 0.6 is 0 Å². The molecule has 1 aromatic heterocycles. The van der Waals surface area contributed by atoms with Crippen LogP contribution in [0.15, 0.2) is 47.1 Å². The summed E-state index contributed by atoms with van der Waals surface area (Å²) in [7, 11) is 0. The molecule has 6 nitrogen and oxygen atoms in total. The second-order valence-corrected chi connectivity index (χ2v) is 6.00. The quantitative estimate of drug-likeness (QED) is 0.804. The van der Waals surface area contributed by atoms with E-state index in [1.807, 2.05) is 36.4 Å². The number of ether oxygens (including phenoxy) is 4. The number of hydrogen-bond acceptors (Lipinski definition) is 6. The van der Waals surface area contributed by atoms with Crippen LogP contribution in [0, 0.1) is 0 Å². The fourth-order valence-corrected chi connectivity index (χ4v) is 2.91. The molecule has 132 valence electrons. The Bertz CT molecular complexity index is 713. The van der Waals surface area contributed by atoms with Crippen molar-refractivity contribution in [2.24, 2.45) is 0 Å². The van der Waals surface area contributed by atoms with Crippen molar-refractivity contribution in [1.82, 2.24) is 4.90 Å². The number of rotatable bonds is 6. The van der Waals surface area contributed by atoms with Gasteiger partial charge in [0.15, 0.2) is 11.5 Å². The third kappa shape index (κ3) is 4.15. The van der Waals surface area contributed by atoms with Crippen molar-refractivity contribution in [3.63, 3.8) is 0 Å². The monoisotopic (exact) mass is 343 g/mol. The summed E-state index contributed by atoms with van der Waals surface area (Å²) in [6.45, 7) is 4.12. The van der Waals surface area contributed by atoms with Gasteiger partial charge in [-0.25, -0.2) is 0 Å². The summed E-state index contributed by atoms with van der Waals surface area (Å²) in [5.74, 6) is 3.13. The fourth-order valence-electron chi connectivity index (χ4n) is 2.91. The lowest BCUT2D eigenvalue weighted by Crippen LogP contribution is -2.44. The number of hydrogen-bond donors (Lipinski definition) is 0. The maximum absolute atomic E-state index is 5.86. The highest BCUT2D eigenvalue weighted by Gasteiger charge is 2.21. The number of benzene rings is 1. The van der Waals surface area contributed by atoms with Gasteiger partial charge in [-0.2, -0.15) is 0 Å². The fraction of sp³-hybridized carbons (Fsp3) is 0.368. The van der Waals surface area contributed by atoms with Gasteiger partial charge in [-0.15, -0.1) is 0 Å². The van der Waals surface area contributed by atoms with Gasteiger partial charge in [-0.1, -0.05) is 6.08 Å². The molecule has 1 saturated heterocycles. The van der Waals surface area contributed by atoms with E-state index in [0.29, 0.717) is 13.2 Å². The lowest BCUT2D eigenvalue weighted by Gasteiger charge is -2.32. The molecule has 2 aliphatic heterocycles. The van der Waals surface area contributed by atoms with Crippen LogP contribution in [0.5, 0.6) is 17.2 Å². The largest absolute Gasteiger partial charge is 0.491 e. The van der Waals surface area contributed by atoms with Crippen molar-refractivity contribution in [3.8, 4) is 17.2 Å². The van der Waals surface area contributed by atoms with E-state index in [1.54, 1.807) is 6.26 Å². The highest BCUT2D eigenvalue weighted by atomic mass is 16.7. The molecule has 2 aliphatic rings. The molecule has 6 heteroatoms. The summed E-state index contributed by atoms with van der Waals surface area (Å²) in [6, 6.07) is 9.44. The number of morpholine rings is 1. The zero-order valence-corrected chi connectivity index (χ0v) is 13.9. The Morgan fingerprint density at radius 3 is 3.08 bits per heavy atom. The number of furan rings is 1. The molecule has 1 fully saturated rings. The van der Waals surface area contributed by atoms with Gasteiger partial charge in [0, 0.05) is 25.7 Å². The Labute approximate surface area is 146 Å². The maximum Gasteiger partial charge on any atom is 0.231 e. The molecule has 1 unspecified atom stereocenters. The first-order valence-corrected chi connectivity index (χ1v) is 8.43.